The number of allylic oxidation sites excluding steroid dienone is 2. The minimum Gasteiger partial charge on any atom is -0.202 e. The van der Waals surface area contributed by atoms with Crippen LogP contribution < -0.4 is 4.57 Å². The first-order chi connectivity index (χ1) is 17.9. The summed E-state index contributed by atoms with van der Waals surface area (Å²) in [4.78, 5) is 0. The molecule has 1 aromatic heterocycles. The Morgan fingerprint density at radius 3 is 1.47 bits per heavy atom. The Labute approximate surface area is 227 Å². The molecule has 1 heteroatoms. The predicted molar refractivity (Wildman–Crippen MR) is 162 cm³/mol. The van der Waals surface area contributed by atoms with Crippen LogP contribution in [0.4, 0.5) is 0 Å². The molecule has 0 amide bonds. The van der Waals surface area contributed by atoms with Gasteiger partial charge in [0.2, 0.25) is 0 Å². The number of nitrogens with zero attached hydrogens (tertiary/aromatic N) is 1. The van der Waals surface area contributed by atoms with Gasteiger partial charge in [0.05, 0.1) is 0 Å². The third-order valence-electron chi connectivity index (χ3n) is 7.73. The maximum Gasteiger partial charge on any atom is 0.181 e. The van der Waals surface area contributed by atoms with Crippen LogP contribution in [0.1, 0.15) is 174 Å². The Hall–Kier alpha value is -1.11. The molecule has 0 aliphatic carbocycles. The van der Waals surface area contributed by atoms with E-state index in [-0.39, 0.29) is 0 Å². The van der Waals surface area contributed by atoms with Crippen molar-refractivity contribution in [2.45, 2.75) is 181 Å². The number of rotatable bonds is 27. The normalized spacial score (nSPS) is 11.6. The lowest BCUT2D eigenvalue weighted by atomic mass is 10.0. The lowest BCUT2D eigenvalue weighted by Crippen LogP contribution is -2.37. The molecule has 1 rings (SSSR count). The zero-order valence-corrected chi connectivity index (χ0v) is 24.8. The van der Waals surface area contributed by atoms with Crippen molar-refractivity contribution in [2.75, 3.05) is 0 Å². The van der Waals surface area contributed by atoms with E-state index in [2.05, 4.69) is 55.0 Å². The summed E-state index contributed by atoms with van der Waals surface area (Å²) in [5.41, 5.74) is 1.53. The molecule has 36 heavy (non-hydrogen) atoms. The maximum atomic E-state index is 2.52. The highest BCUT2D eigenvalue weighted by atomic mass is 14.9. The molecule has 208 valence electrons. The van der Waals surface area contributed by atoms with Crippen molar-refractivity contribution in [3.63, 3.8) is 0 Å². The molecule has 0 unspecified atom stereocenters. The number of aryl methyl sites for hydroxylation is 2. The molecule has 1 heterocycles. The molecule has 0 saturated heterocycles. The van der Waals surface area contributed by atoms with E-state index in [0.29, 0.717) is 0 Å². The van der Waals surface area contributed by atoms with Crippen LogP contribution in [0, 0.1) is 0 Å². The molecule has 1 nitrogen and oxygen atoms in total. The standard InChI is InChI=1S/C35H64N/c1-3-5-7-9-11-13-15-17-18-20-22-24-26-29-33-36-34-30-28-32-35(36)31-27-25-23-21-19-16-14-12-10-8-6-4-2/h19,21,28,30,32,34H,3-18,20,22-27,29,31,33H2,1-2H3/q+1. The molecule has 0 aromatic carbocycles. The van der Waals surface area contributed by atoms with Crippen LogP contribution in [0.15, 0.2) is 36.5 Å². The van der Waals surface area contributed by atoms with E-state index in [9.17, 15) is 0 Å². The molecule has 0 saturated carbocycles. The molecule has 0 radical (unpaired) electrons. The first-order valence-electron chi connectivity index (χ1n) is 16.5. The van der Waals surface area contributed by atoms with Gasteiger partial charge in [-0.05, 0) is 38.5 Å². The molecule has 0 atom stereocenters. The van der Waals surface area contributed by atoms with Gasteiger partial charge in [0.15, 0.2) is 11.9 Å². The summed E-state index contributed by atoms with van der Waals surface area (Å²) < 4.78 is 2.52. The number of aromatic nitrogens is 1. The molecule has 1 aromatic rings. The molecular weight excluding hydrogens is 434 g/mol. The van der Waals surface area contributed by atoms with Crippen LogP contribution in [-0.4, -0.2) is 0 Å². The quantitative estimate of drug-likeness (QED) is 0.0645. The molecule has 0 fully saturated rings. The summed E-state index contributed by atoms with van der Waals surface area (Å²) in [6.07, 6.45) is 42.0. The molecule has 0 aliphatic heterocycles. The Kier molecular flexibility index (Phi) is 24.6. The third-order valence-corrected chi connectivity index (χ3v) is 7.73. The summed E-state index contributed by atoms with van der Waals surface area (Å²) in [6, 6.07) is 6.77. The van der Waals surface area contributed by atoms with Crippen LogP contribution in [0.3, 0.4) is 0 Å². The van der Waals surface area contributed by atoms with Gasteiger partial charge in [-0.25, -0.2) is 4.57 Å². The van der Waals surface area contributed by atoms with Crippen LogP contribution in [0.2, 0.25) is 0 Å². The van der Waals surface area contributed by atoms with E-state index in [1.165, 1.54) is 173 Å². The highest BCUT2D eigenvalue weighted by Crippen LogP contribution is 2.13. The second-order valence-corrected chi connectivity index (χ2v) is 11.3. The Bertz CT molecular complexity index is 590. The fourth-order valence-electron chi connectivity index (χ4n) is 5.28. The van der Waals surface area contributed by atoms with Crippen molar-refractivity contribution in [2.24, 2.45) is 0 Å². The number of hydrogen-bond donors (Lipinski definition) is 0. The van der Waals surface area contributed by atoms with Gasteiger partial charge in [-0.15, -0.1) is 0 Å². The highest BCUT2D eigenvalue weighted by Gasteiger charge is 2.08. The van der Waals surface area contributed by atoms with E-state index < -0.39 is 0 Å². The fraction of sp³-hybridized carbons (Fsp3) is 0.800. The summed E-state index contributed by atoms with van der Waals surface area (Å²) in [6.45, 7) is 5.80. The van der Waals surface area contributed by atoms with Crippen LogP contribution in [-0.2, 0) is 13.0 Å². The Balaban J connectivity index is 1.97. The van der Waals surface area contributed by atoms with Gasteiger partial charge < -0.3 is 0 Å². The van der Waals surface area contributed by atoms with Gasteiger partial charge in [0.1, 0.15) is 6.54 Å². The minimum atomic E-state index is 1.20. The topological polar surface area (TPSA) is 3.88 Å². The van der Waals surface area contributed by atoms with E-state index in [4.69, 9.17) is 0 Å². The molecule has 0 spiro atoms. The lowest BCUT2D eigenvalue weighted by molar-refractivity contribution is -0.704. The second-order valence-electron chi connectivity index (χ2n) is 11.3. The van der Waals surface area contributed by atoms with Crippen molar-refractivity contribution in [3.05, 3.63) is 42.2 Å². The van der Waals surface area contributed by atoms with Gasteiger partial charge >= 0.3 is 0 Å². The molecular formula is C35H64N+. The summed E-state index contributed by atoms with van der Waals surface area (Å²) in [7, 11) is 0. The third kappa shape index (κ3) is 21.0. The van der Waals surface area contributed by atoms with Gasteiger partial charge in [0.25, 0.3) is 0 Å². The minimum absolute atomic E-state index is 1.20. The average Bonchev–Trinajstić information content (AvgIpc) is 2.90. The van der Waals surface area contributed by atoms with Gasteiger partial charge in [0, 0.05) is 25.0 Å². The number of unbranched alkanes of at least 4 members (excludes halogenated alkanes) is 21. The molecule has 0 bridgehead atoms. The van der Waals surface area contributed by atoms with Crippen LogP contribution in [0.5, 0.6) is 0 Å². The number of pyridine rings is 1. The second kappa shape index (κ2) is 26.9. The average molecular weight is 499 g/mol. The van der Waals surface area contributed by atoms with Gasteiger partial charge in [-0.3, -0.25) is 0 Å². The van der Waals surface area contributed by atoms with E-state index in [1.54, 1.807) is 0 Å². The molecule has 0 aliphatic rings. The van der Waals surface area contributed by atoms with Crippen molar-refractivity contribution < 1.29 is 4.57 Å². The summed E-state index contributed by atoms with van der Waals surface area (Å²) in [5, 5.41) is 0. The molecule has 0 N–H and O–H groups in total. The Morgan fingerprint density at radius 1 is 0.500 bits per heavy atom. The zero-order valence-electron chi connectivity index (χ0n) is 24.8. The van der Waals surface area contributed by atoms with Crippen molar-refractivity contribution in [3.8, 4) is 0 Å². The highest BCUT2D eigenvalue weighted by molar-refractivity contribution is 4.97. The van der Waals surface area contributed by atoms with Crippen LogP contribution in [0.25, 0.3) is 0 Å². The largest absolute Gasteiger partial charge is 0.202 e. The lowest BCUT2D eigenvalue weighted by Gasteiger charge is -2.05. The summed E-state index contributed by atoms with van der Waals surface area (Å²) in [5.74, 6) is 0. The monoisotopic (exact) mass is 499 g/mol. The van der Waals surface area contributed by atoms with Crippen molar-refractivity contribution in [1.29, 1.82) is 0 Å². The Morgan fingerprint density at radius 2 is 0.944 bits per heavy atom. The summed E-state index contributed by atoms with van der Waals surface area (Å²) >= 11 is 0. The smallest absolute Gasteiger partial charge is 0.181 e. The maximum absolute atomic E-state index is 2.52. The van der Waals surface area contributed by atoms with E-state index in [1.807, 2.05) is 0 Å². The SMILES string of the molecule is CCCCCCCCC=CCCCCc1cccc[n+]1CCCCCCCCCCCCCCCC. The zero-order chi connectivity index (χ0) is 25.8. The van der Waals surface area contributed by atoms with Gasteiger partial charge in [-0.1, -0.05) is 141 Å². The number of hydrogen-bond acceptors (Lipinski definition) is 0. The fourth-order valence-corrected chi connectivity index (χ4v) is 5.28. The van der Waals surface area contributed by atoms with Crippen molar-refractivity contribution >= 4 is 0 Å². The van der Waals surface area contributed by atoms with Crippen LogP contribution >= 0.6 is 0 Å². The van der Waals surface area contributed by atoms with Gasteiger partial charge in [-0.2, -0.15) is 0 Å². The van der Waals surface area contributed by atoms with Crippen molar-refractivity contribution in [1.82, 2.24) is 0 Å². The first-order valence-corrected chi connectivity index (χ1v) is 16.5. The van der Waals surface area contributed by atoms with E-state index in [0.717, 1.165) is 0 Å². The van der Waals surface area contributed by atoms with E-state index >= 15 is 0 Å². The first kappa shape index (κ1) is 32.9. The predicted octanol–water partition coefficient (Wildman–Crippen LogP) is 11.5.